The first-order chi connectivity index (χ1) is 17.4. The molecule has 5 rings (SSSR count). The van der Waals surface area contributed by atoms with E-state index < -0.39 is 12.0 Å². The lowest BCUT2D eigenvalue weighted by atomic mass is 9.95. The molecular weight excluding hydrogens is 474 g/mol. The molecule has 0 saturated carbocycles. The van der Waals surface area contributed by atoms with Gasteiger partial charge in [0.1, 0.15) is 11.8 Å². The number of hydrogen-bond acceptors (Lipinski definition) is 6. The third-order valence-corrected chi connectivity index (χ3v) is 7.23. The smallest absolute Gasteiger partial charge is 0.338 e. The van der Waals surface area contributed by atoms with E-state index in [2.05, 4.69) is 4.99 Å². The van der Waals surface area contributed by atoms with Gasteiger partial charge in [-0.25, -0.2) is 9.79 Å². The fourth-order valence-electron chi connectivity index (χ4n) is 4.71. The number of ether oxygens (including phenoxy) is 2. The van der Waals surface area contributed by atoms with Crippen LogP contribution in [-0.2, 0) is 16.6 Å². The van der Waals surface area contributed by atoms with Crippen LogP contribution in [0.1, 0.15) is 37.9 Å². The first-order valence-electron chi connectivity index (χ1n) is 11.9. The summed E-state index contributed by atoms with van der Waals surface area (Å²) in [5.74, 6) is 0.128. The van der Waals surface area contributed by atoms with Crippen molar-refractivity contribution in [3.63, 3.8) is 0 Å². The van der Waals surface area contributed by atoms with Gasteiger partial charge in [-0.2, -0.15) is 0 Å². The van der Waals surface area contributed by atoms with Gasteiger partial charge in [-0.05, 0) is 39.0 Å². The minimum Gasteiger partial charge on any atom is -0.494 e. The summed E-state index contributed by atoms with van der Waals surface area (Å²) in [6, 6.07) is 14.9. The van der Waals surface area contributed by atoms with Crippen LogP contribution in [0.4, 0.5) is 0 Å². The van der Waals surface area contributed by atoms with Crippen LogP contribution in [0, 0.1) is 0 Å². The summed E-state index contributed by atoms with van der Waals surface area (Å²) in [5.41, 5.74) is 3.41. The number of thiazole rings is 1. The zero-order chi connectivity index (χ0) is 25.4. The summed E-state index contributed by atoms with van der Waals surface area (Å²) in [4.78, 5) is 32.2. The molecule has 8 heteroatoms. The van der Waals surface area contributed by atoms with Crippen molar-refractivity contribution in [1.82, 2.24) is 9.13 Å². The summed E-state index contributed by atoms with van der Waals surface area (Å²) < 4.78 is 15.5. The van der Waals surface area contributed by atoms with Crippen LogP contribution in [0.3, 0.4) is 0 Å². The normalized spacial score (nSPS) is 15.7. The van der Waals surface area contributed by atoms with E-state index in [1.54, 1.807) is 18.4 Å². The zero-order valence-electron chi connectivity index (χ0n) is 20.6. The highest BCUT2D eigenvalue weighted by Gasteiger charge is 2.35. The monoisotopic (exact) mass is 501 g/mol. The number of para-hydroxylation sites is 2. The Morgan fingerprint density at radius 2 is 1.86 bits per heavy atom. The van der Waals surface area contributed by atoms with E-state index >= 15 is 0 Å². The summed E-state index contributed by atoms with van der Waals surface area (Å²) in [5, 5.41) is 1.06. The first-order valence-corrected chi connectivity index (χ1v) is 12.7. The van der Waals surface area contributed by atoms with Crippen molar-refractivity contribution in [2.75, 3.05) is 13.2 Å². The summed E-state index contributed by atoms with van der Waals surface area (Å²) in [6.45, 7) is 6.12. The van der Waals surface area contributed by atoms with Gasteiger partial charge in [0, 0.05) is 35.3 Å². The molecule has 1 aliphatic rings. The molecule has 0 bridgehead atoms. The van der Waals surface area contributed by atoms with Gasteiger partial charge in [0.2, 0.25) is 0 Å². The molecule has 0 N–H and O–H groups in total. The lowest BCUT2D eigenvalue weighted by Crippen LogP contribution is -2.40. The number of aryl methyl sites for hydroxylation is 1. The SMILES string of the molecule is CCOC(=O)C1=C(C)N=c2s/c(=C\c3cn(C)c4ccccc34)c(=O)n2C1c1ccccc1OCC. The second-order valence-electron chi connectivity index (χ2n) is 8.49. The molecule has 184 valence electrons. The summed E-state index contributed by atoms with van der Waals surface area (Å²) in [7, 11) is 1.99. The van der Waals surface area contributed by atoms with Crippen molar-refractivity contribution in [3.05, 3.63) is 96.8 Å². The van der Waals surface area contributed by atoms with Gasteiger partial charge in [0.25, 0.3) is 5.56 Å². The highest BCUT2D eigenvalue weighted by atomic mass is 32.1. The molecule has 3 heterocycles. The number of allylic oxidation sites excluding steroid dienone is 1. The number of rotatable bonds is 6. The average molecular weight is 502 g/mol. The van der Waals surface area contributed by atoms with Gasteiger partial charge in [-0.1, -0.05) is 47.7 Å². The molecule has 1 unspecified atom stereocenters. The fraction of sp³-hybridized carbons (Fsp3) is 0.250. The highest BCUT2D eigenvalue weighted by Crippen LogP contribution is 2.35. The molecule has 36 heavy (non-hydrogen) atoms. The van der Waals surface area contributed by atoms with Crippen molar-refractivity contribution in [2.24, 2.45) is 12.0 Å². The Bertz CT molecular complexity index is 1690. The van der Waals surface area contributed by atoms with Crippen LogP contribution < -0.4 is 19.6 Å². The van der Waals surface area contributed by atoms with Gasteiger partial charge in [0.05, 0.1) is 29.0 Å². The Labute approximate surface area is 212 Å². The van der Waals surface area contributed by atoms with Crippen molar-refractivity contribution in [3.8, 4) is 5.75 Å². The Hall–Kier alpha value is -3.91. The van der Waals surface area contributed by atoms with Gasteiger partial charge in [-0.3, -0.25) is 9.36 Å². The molecule has 4 aromatic rings. The molecule has 1 atom stereocenters. The lowest BCUT2D eigenvalue weighted by molar-refractivity contribution is -0.139. The standard InChI is InChI=1S/C28H27N3O4S/c1-5-34-22-14-10-8-12-20(22)25-24(27(33)35-6-2)17(3)29-28-31(25)26(32)23(36-28)15-18-16-30(4)21-13-9-7-11-19(18)21/h7-16,25H,5-6H2,1-4H3/b23-15-. The first kappa shape index (κ1) is 23.8. The number of esters is 1. The molecule has 0 fully saturated rings. The van der Waals surface area contributed by atoms with Gasteiger partial charge < -0.3 is 14.0 Å². The van der Waals surface area contributed by atoms with E-state index in [1.165, 1.54) is 11.3 Å². The van der Waals surface area contributed by atoms with Crippen LogP contribution in [-0.4, -0.2) is 28.3 Å². The topological polar surface area (TPSA) is 74.8 Å². The van der Waals surface area contributed by atoms with Gasteiger partial charge >= 0.3 is 5.97 Å². The third kappa shape index (κ3) is 3.97. The average Bonchev–Trinajstić information content (AvgIpc) is 3.35. The molecule has 0 radical (unpaired) electrons. The predicted molar refractivity (Wildman–Crippen MR) is 141 cm³/mol. The van der Waals surface area contributed by atoms with E-state index in [1.807, 2.05) is 79.3 Å². The van der Waals surface area contributed by atoms with Crippen LogP contribution >= 0.6 is 11.3 Å². The van der Waals surface area contributed by atoms with Crippen molar-refractivity contribution >= 4 is 34.3 Å². The number of nitrogens with zero attached hydrogens (tertiary/aromatic N) is 3. The van der Waals surface area contributed by atoms with Crippen molar-refractivity contribution in [1.29, 1.82) is 0 Å². The maximum absolute atomic E-state index is 13.9. The second-order valence-corrected chi connectivity index (χ2v) is 9.49. The maximum Gasteiger partial charge on any atom is 0.338 e. The van der Waals surface area contributed by atoms with Gasteiger partial charge in [-0.15, -0.1) is 0 Å². The number of hydrogen-bond donors (Lipinski definition) is 0. The zero-order valence-corrected chi connectivity index (χ0v) is 21.5. The molecule has 0 spiro atoms. The Kier molecular flexibility index (Phi) is 6.36. The van der Waals surface area contributed by atoms with Gasteiger partial charge in [0.15, 0.2) is 4.80 Å². The van der Waals surface area contributed by atoms with Crippen molar-refractivity contribution < 1.29 is 14.3 Å². The molecule has 0 aliphatic carbocycles. The number of carbonyl (C=O) groups is 1. The van der Waals surface area contributed by atoms with E-state index in [9.17, 15) is 9.59 Å². The molecule has 0 amide bonds. The second kappa shape index (κ2) is 9.62. The Morgan fingerprint density at radius 3 is 2.64 bits per heavy atom. The number of fused-ring (bicyclic) bond motifs is 2. The van der Waals surface area contributed by atoms with E-state index in [4.69, 9.17) is 9.47 Å². The Balaban J connectivity index is 1.77. The molecular formula is C28H27N3O4S. The minimum atomic E-state index is -0.710. The summed E-state index contributed by atoms with van der Waals surface area (Å²) in [6.07, 6.45) is 3.92. The molecule has 2 aromatic carbocycles. The molecule has 1 aliphatic heterocycles. The van der Waals surface area contributed by atoms with Crippen LogP contribution in [0.15, 0.2) is 75.8 Å². The number of benzene rings is 2. The van der Waals surface area contributed by atoms with E-state index in [0.717, 1.165) is 22.0 Å². The molecule has 7 nitrogen and oxygen atoms in total. The minimum absolute atomic E-state index is 0.211. The summed E-state index contributed by atoms with van der Waals surface area (Å²) >= 11 is 1.31. The largest absolute Gasteiger partial charge is 0.494 e. The van der Waals surface area contributed by atoms with Crippen LogP contribution in [0.2, 0.25) is 0 Å². The van der Waals surface area contributed by atoms with E-state index in [-0.39, 0.29) is 12.2 Å². The van der Waals surface area contributed by atoms with Crippen molar-refractivity contribution in [2.45, 2.75) is 26.8 Å². The van der Waals surface area contributed by atoms with Crippen LogP contribution in [0.5, 0.6) is 5.75 Å². The number of carbonyl (C=O) groups excluding carboxylic acids is 1. The maximum atomic E-state index is 13.9. The lowest BCUT2D eigenvalue weighted by Gasteiger charge is -2.26. The Morgan fingerprint density at radius 1 is 1.11 bits per heavy atom. The molecule has 0 saturated heterocycles. The molecule has 2 aromatic heterocycles. The third-order valence-electron chi connectivity index (χ3n) is 6.24. The van der Waals surface area contributed by atoms with Crippen LogP contribution in [0.25, 0.3) is 17.0 Å². The quantitative estimate of drug-likeness (QED) is 0.378. The predicted octanol–water partition coefficient (Wildman–Crippen LogP) is 3.69. The highest BCUT2D eigenvalue weighted by molar-refractivity contribution is 7.07. The number of aromatic nitrogens is 2. The van der Waals surface area contributed by atoms with E-state index in [0.29, 0.717) is 33.0 Å². The fourth-order valence-corrected chi connectivity index (χ4v) is 5.75.